The van der Waals surface area contributed by atoms with Gasteiger partial charge in [0.15, 0.2) is 0 Å². The molecule has 1 aromatic heterocycles. The van der Waals surface area contributed by atoms with Gasteiger partial charge in [-0.05, 0) is 35.9 Å². The molecule has 0 bridgehead atoms. The second-order valence-electron chi connectivity index (χ2n) is 4.53. The Kier molecular flexibility index (Phi) is 3.46. The van der Waals surface area contributed by atoms with E-state index >= 15 is 0 Å². The first-order valence-electron chi connectivity index (χ1n) is 6.53. The van der Waals surface area contributed by atoms with Gasteiger partial charge < -0.3 is 4.74 Å². The molecular weight excluding hydrogens is 246 g/mol. The molecule has 0 unspecified atom stereocenters. The molecule has 3 rings (SSSR count). The monoisotopic (exact) mass is 261 g/mol. The van der Waals surface area contributed by atoms with Crippen LogP contribution in [0.15, 0.2) is 72.9 Å². The number of ether oxygens (including phenoxy) is 1. The minimum Gasteiger partial charge on any atom is -0.497 e. The van der Waals surface area contributed by atoms with E-state index in [4.69, 9.17) is 4.74 Å². The Bertz CT molecular complexity index is 673. The van der Waals surface area contributed by atoms with Crippen LogP contribution >= 0.6 is 0 Å². The lowest BCUT2D eigenvalue weighted by molar-refractivity contribution is 0.415. The van der Waals surface area contributed by atoms with Gasteiger partial charge in [-0.15, -0.1) is 0 Å². The van der Waals surface area contributed by atoms with E-state index in [1.54, 1.807) is 7.11 Å². The Morgan fingerprint density at radius 3 is 2.00 bits per heavy atom. The first-order valence-corrected chi connectivity index (χ1v) is 6.53. The number of pyridine rings is 1. The summed E-state index contributed by atoms with van der Waals surface area (Å²) in [6.45, 7) is 0. The van der Waals surface area contributed by atoms with Crippen LogP contribution in [0.25, 0.3) is 22.4 Å². The lowest BCUT2D eigenvalue weighted by atomic mass is 10.1. The Hall–Kier alpha value is -2.61. The number of hydrogen-bond acceptors (Lipinski definition) is 2. The van der Waals surface area contributed by atoms with Gasteiger partial charge in [0.2, 0.25) is 0 Å². The standard InChI is InChI=1S/C18H15NO/c1-20-17-10-7-15(8-11-17)18-12-9-16(13-19-18)14-5-3-2-4-6-14/h2-13H,1H3. The van der Waals surface area contributed by atoms with Crippen LogP contribution in [0.5, 0.6) is 5.75 Å². The fourth-order valence-corrected chi connectivity index (χ4v) is 2.13. The average molecular weight is 261 g/mol. The molecular formula is C18H15NO. The van der Waals surface area contributed by atoms with Crippen molar-refractivity contribution in [3.8, 4) is 28.1 Å². The lowest BCUT2D eigenvalue weighted by Crippen LogP contribution is -1.86. The summed E-state index contributed by atoms with van der Waals surface area (Å²) in [4.78, 5) is 4.54. The fourth-order valence-electron chi connectivity index (χ4n) is 2.13. The molecule has 0 radical (unpaired) electrons. The zero-order chi connectivity index (χ0) is 13.8. The quantitative estimate of drug-likeness (QED) is 0.696. The van der Waals surface area contributed by atoms with Gasteiger partial charge in [-0.25, -0.2) is 0 Å². The van der Waals surface area contributed by atoms with Gasteiger partial charge in [0.25, 0.3) is 0 Å². The van der Waals surface area contributed by atoms with Crippen molar-refractivity contribution >= 4 is 0 Å². The number of hydrogen-bond donors (Lipinski definition) is 0. The summed E-state index contributed by atoms with van der Waals surface area (Å²) < 4.78 is 5.16. The normalized spacial score (nSPS) is 10.2. The molecule has 0 spiro atoms. The molecule has 0 saturated carbocycles. The number of aromatic nitrogens is 1. The van der Waals surface area contributed by atoms with Gasteiger partial charge in [-0.1, -0.05) is 36.4 Å². The number of methoxy groups -OCH3 is 1. The van der Waals surface area contributed by atoms with E-state index in [0.29, 0.717) is 0 Å². The summed E-state index contributed by atoms with van der Waals surface area (Å²) in [5.41, 5.74) is 4.36. The van der Waals surface area contributed by atoms with Crippen LogP contribution in [0, 0.1) is 0 Å². The molecule has 0 atom stereocenters. The van der Waals surface area contributed by atoms with Crippen molar-refractivity contribution in [2.45, 2.75) is 0 Å². The molecule has 2 aromatic carbocycles. The highest BCUT2D eigenvalue weighted by molar-refractivity contribution is 5.66. The molecule has 0 fully saturated rings. The molecule has 20 heavy (non-hydrogen) atoms. The van der Waals surface area contributed by atoms with Crippen molar-refractivity contribution < 1.29 is 4.74 Å². The average Bonchev–Trinajstić information content (AvgIpc) is 2.56. The van der Waals surface area contributed by atoms with Crippen molar-refractivity contribution in [3.63, 3.8) is 0 Å². The fraction of sp³-hybridized carbons (Fsp3) is 0.0556. The van der Waals surface area contributed by atoms with E-state index in [9.17, 15) is 0 Å². The predicted octanol–water partition coefficient (Wildman–Crippen LogP) is 4.42. The van der Waals surface area contributed by atoms with E-state index in [-0.39, 0.29) is 0 Å². The van der Waals surface area contributed by atoms with Crippen molar-refractivity contribution in [1.29, 1.82) is 0 Å². The van der Waals surface area contributed by atoms with E-state index in [1.807, 2.05) is 54.7 Å². The Labute approximate surface area is 118 Å². The van der Waals surface area contributed by atoms with Crippen LogP contribution < -0.4 is 4.74 Å². The second-order valence-corrected chi connectivity index (χ2v) is 4.53. The van der Waals surface area contributed by atoms with Gasteiger partial charge in [-0.3, -0.25) is 4.98 Å². The number of rotatable bonds is 3. The number of benzene rings is 2. The molecule has 0 N–H and O–H groups in total. The topological polar surface area (TPSA) is 22.1 Å². The van der Waals surface area contributed by atoms with E-state index < -0.39 is 0 Å². The summed E-state index contributed by atoms with van der Waals surface area (Å²) in [5.74, 6) is 0.856. The van der Waals surface area contributed by atoms with Crippen molar-refractivity contribution in [2.24, 2.45) is 0 Å². The van der Waals surface area contributed by atoms with E-state index in [0.717, 1.165) is 22.6 Å². The minimum absolute atomic E-state index is 0.856. The zero-order valence-electron chi connectivity index (χ0n) is 11.3. The molecule has 0 aliphatic carbocycles. The SMILES string of the molecule is COc1ccc(-c2ccc(-c3ccccc3)cn2)cc1. The highest BCUT2D eigenvalue weighted by Crippen LogP contribution is 2.23. The Morgan fingerprint density at radius 1 is 0.700 bits per heavy atom. The van der Waals surface area contributed by atoms with Gasteiger partial charge in [0.1, 0.15) is 5.75 Å². The van der Waals surface area contributed by atoms with Crippen LogP contribution in [0.2, 0.25) is 0 Å². The highest BCUT2D eigenvalue weighted by Gasteiger charge is 2.01. The third-order valence-electron chi connectivity index (χ3n) is 3.26. The molecule has 3 aromatic rings. The minimum atomic E-state index is 0.856. The van der Waals surface area contributed by atoms with Gasteiger partial charge in [0.05, 0.1) is 12.8 Å². The third kappa shape index (κ3) is 2.54. The van der Waals surface area contributed by atoms with Gasteiger partial charge >= 0.3 is 0 Å². The largest absolute Gasteiger partial charge is 0.497 e. The summed E-state index contributed by atoms with van der Waals surface area (Å²) in [6, 6.07) is 22.3. The Morgan fingerprint density at radius 2 is 1.40 bits per heavy atom. The lowest BCUT2D eigenvalue weighted by Gasteiger charge is -2.05. The third-order valence-corrected chi connectivity index (χ3v) is 3.26. The van der Waals surface area contributed by atoms with Gasteiger partial charge in [0, 0.05) is 17.3 Å². The molecule has 2 nitrogen and oxygen atoms in total. The maximum absolute atomic E-state index is 5.16. The van der Waals surface area contributed by atoms with Crippen LogP contribution in [0.1, 0.15) is 0 Å². The first kappa shape index (κ1) is 12.4. The van der Waals surface area contributed by atoms with E-state index in [1.165, 1.54) is 5.56 Å². The summed E-state index contributed by atoms with van der Waals surface area (Å²) >= 11 is 0. The maximum Gasteiger partial charge on any atom is 0.118 e. The van der Waals surface area contributed by atoms with Crippen LogP contribution in [-0.2, 0) is 0 Å². The predicted molar refractivity (Wildman–Crippen MR) is 81.7 cm³/mol. The zero-order valence-corrected chi connectivity index (χ0v) is 11.3. The smallest absolute Gasteiger partial charge is 0.118 e. The Balaban J connectivity index is 1.89. The molecule has 0 amide bonds. The molecule has 1 heterocycles. The van der Waals surface area contributed by atoms with Crippen molar-refractivity contribution in [2.75, 3.05) is 7.11 Å². The summed E-state index contributed by atoms with van der Waals surface area (Å²) in [7, 11) is 1.67. The second kappa shape index (κ2) is 5.57. The van der Waals surface area contributed by atoms with Crippen molar-refractivity contribution in [3.05, 3.63) is 72.9 Å². The molecule has 0 saturated heterocycles. The van der Waals surface area contributed by atoms with Crippen LogP contribution in [-0.4, -0.2) is 12.1 Å². The number of nitrogens with zero attached hydrogens (tertiary/aromatic N) is 1. The maximum atomic E-state index is 5.16. The molecule has 0 aliphatic heterocycles. The first-order chi connectivity index (χ1) is 9.86. The molecule has 0 aliphatic rings. The highest BCUT2D eigenvalue weighted by atomic mass is 16.5. The summed E-state index contributed by atoms with van der Waals surface area (Å²) in [5, 5.41) is 0. The van der Waals surface area contributed by atoms with E-state index in [2.05, 4.69) is 23.2 Å². The molecule has 2 heteroatoms. The van der Waals surface area contributed by atoms with Crippen molar-refractivity contribution in [1.82, 2.24) is 4.98 Å². The van der Waals surface area contributed by atoms with Gasteiger partial charge in [-0.2, -0.15) is 0 Å². The van der Waals surface area contributed by atoms with Crippen LogP contribution in [0.3, 0.4) is 0 Å². The summed E-state index contributed by atoms with van der Waals surface area (Å²) in [6.07, 6.45) is 1.91. The van der Waals surface area contributed by atoms with Crippen LogP contribution in [0.4, 0.5) is 0 Å². The molecule has 98 valence electrons.